The molecule has 0 radical (unpaired) electrons. The van der Waals surface area contributed by atoms with E-state index in [1.165, 1.54) is 0 Å². The molecular weight excluding hydrogens is 207 g/mol. The van der Waals surface area contributed by atoms with Gasteiger partial charge in [-0.25, -0.2) is 0 Å². The van der Waals surface area contributed by atoms with E-state index in [9.17, 15) is 0 Å². The van der Waals surface area contributed by atoms with Gasteiger partial charge >= 0.3 is 7.32 Å². The number of benzene rings is 2. The molecule has 4 nitrogen and oxygen atoms in total. The Morgan fingerprint density at radius 1 is 1.12 bits per heavy atom. The Bertz CT molecular complexity index is 498. The zero-order valence-corrected chi connectivity index (χ0v) is 8.75. The van der Waals surface area contributed by atoms with Crippen molar-refractivity contribution in [3.8, 4) is 11.5 Å². The van der Waals surface area contributed by atoms with Crippen LogP contribution in [0.2, 0.25) is 0 Å². The van der Waals surface area contributed by atoms with Crippen LogP contribution in [0.5, 0.6) is 11.5 Å². The number of fused-ring (bicyclic) bond motifs is 1. The predicted octanol–water partition coefficient (Wildman–Crippen LogP) is 1.20. The second-order valence-electron chi connectivity index (χ2n) is 3.29. The number of rotatable bonds is 3. The smallest absolute Gasteiger partial charge is 0.512 e. The van der Waals surface area contributed by atoms with Gasteiger partial charge in [0, 0.05) is 5.39 Å². The summed E-state index contributed by atoms with van der Waals surface area (Å²) < 4.78 is 9.98. The van der Waals surface area contributed by atoms with Crippen molar-refractivity contribution >= 4 is 18.1 Å². The summed E-state index contributed by atoms with van der Waals surface area (Å²) in [7, 11) is -0.247. The Balaban J connectivity index is 2.55. The highest BCUT2D eigenvalue weighted by Crippen LogP contribution is 2.29. The molecule has 0 fully saturated rings. The van der Waals surface area contributed by atoms with Crippen LogP contribution in [0.1, 0.15) is 0 Å². The van der Waals surface area contributed by atoms with Crippen LogP contribution in [0.25, 0.3) is 10.8 Å². The second kappa shape index (κ2) is 4.43. The summed E-state index contributed by atoms with van der Waals surface area (Å²) >= 11 is 0. The number of ether oxygens (including phenoxy) is 1. The van der Waals surface area contributed by atoms with Gasteiger partial charge < -0.3 is 19.4 Å². The maximum absolute atomic E-state index is 8.79. The van der Waals surface area contributed by atoms with Crippen LogP contribution in [0.3, 0.4) is 0 Å². The van der Waals surface area contributed by atoms with Gasteiger partial charge in [0.25, 0.3) is 0 Å². The molecule has 2 rings (SSSR count). The minimum absolute atomic E-state index is 0.409. The van der Waals surface area contributed by atoms with Gasteiger partial charge in [0.15, 0.2) is 0 Å². The SMILES string of the molecule is COc1ccc2cccc(OB(O)O)c2c1. The van der Waals surface area contributed by atoms with Gasteiger partial charge in [0.05, 0.1) is 7.11 Å². The third kappa shape index (κ3) is 2.10. The maximum atomic E-state index is 8.79. The zero-order chi connectivity index (χ0) is 11.5. The highest BCUT2D eigenvalue weighted by Gasteiger charge is 2.13. The minimum atomic E-state index is -1.82. The molecule has 0 saturated heterocycles. The number of methoxy groups -OCH3 is 1. The van der Waals surface area contributed by atoms with Crippen LogP contribution >= 0.6 is 0 Å². The lowest BCUT2D eigenvalue weighted by atomic mass is 10.1. The van der Waals surface area contributed by atoms with Crippen molar-refractivity contribution in [1.29, 1.82) is 0 Å². The van der Waals surface area contributed by atoms with Crippen molar-refractivity contribution in [1.82, 2.24) is 0 Å². The Morgan fingerprint density at radius 3 is 2.62 bits per heavy atom. The van der Waals surface area contributed by atoms with Crippen LogP contribution < -0.4 is 9.39 Å². The van der Waals surface area contributed by atoms with E-state index in [2.05, 4.69) is 0 Å². The lowest BCUT2D eigenvalue weighted by molar-refractivity contribution is 0.289. The third-order valence-corrected chi connectivity index (χ3v) is 2.28. The van der Waals surface area contributed by atoms with E-state index >= 15 is 0 Å². The first kappa shape index (κ1) is 10.8. The molecule has 2 N–H and O–H groups in total. The molecule has 0 saturated carbocycles. The lowest BCUT2D eigenvalue weighted by Gasteiger charge is -2.09. The van der Waals surface area contributed by atoms with Gasteiger partial charge in [-0.1, -0.05) is 18.2 Å². The molecule has 2 aromatic rings. The van der Waals surface area contributed by atoms with Crippen molar-refractivity contribution < 1.29 is 19.4 Å². The average molecular weight is 218 g/mol. The quantitative estimate of drug-likeness (QED) is 0.759. The van der Waals surface area contributed by atoms with Crippen LogP contribution in [0.15, 0.2) is 36.4 Å². The van der Waals surface area contributed by atoms with Crippen molar-refractivity contribution in [3.05, 3.63) is 36.4 Å². The molecule has 0 aromatic heterocycles. The first-order valence-electron chi connectivity index (χ1n) is 4.80. The molecule has 0 aliphatic rings. The third-order valence-electron chi connectivity index (χ3n) is 2.28. The fourth-order valence-corrected chi connectivity index (χ4v) is 1.57. The Kier molecular flexibility index (Phi) is 2.98. The molecule has 0 bridgehead atoms. The summed E-state index contributed by atoms with van der Waals surface area (Å²) in [5, 5.41) is 19.3. The lowest BCUT2D eigenvalue weighted by Crippen LogP contribution is -2.20. The van der Waals surface area contributed by atoms with Crippen LogP contribution in [0, 0.1) is 0 Å². The highest BCUT2D eigenvalue weighted by molar-refractivity contribution is 6.34. The van der Waals surface area contributed by atoms with Crippen LogP contribution in [-0.4, -0.2) is 24.5 Å². The van der Waals surface area contributed by atoms with Gasteiger partial charge in [-0.15, -0.1) is 0 Å². The summed E-state index contributed by atoms with van der Waals surface area (Å²) in [6, 6.07) is 10.9. The van der Waals surface area contributed by atoms with Crippen LogP contribution in [0.4, 0.5) is 0 Å². The normalized spacial score (nSPS) is 10.2. The fraction of sp³-hybridized carbons (Fsp3) is 0.0909. The fourth-order valence-electron chi connectivity index (χ4n) is 1.57. The molecule has 0 atom stereocenters. The largest absolute Gasteiger partial charge is 0.707 e. The number of hydrogen-bond acceptors (Lipinski definition) is 4. The molecule has 82 valence electrons. The molecule has 0 aliphatic heterocycles. The summed E-state index contributed by atoms with van der Waals surface area (Å²) in [5.74, 6) is 1.10. The standard InChI is InChI=1S/C11H11BO4/c1-15-9-6-5-8-3-2-4-11(10(8)7-9)16-12(13)14/h2-7,13-14H,1H3. The maximum Gasteiger partial charge on any atom is 0.707 e. The first-order chi connectivity index (χ1) is 7.70. The zero-order valence-electron chi connectivity index (χ0n) is 8.75. The molecule has 0 amide bonds. The Labute approximate surface area is 93.2 Å². The molecule has 16 heavy (non-hydrogen) atoms. The Hall–Kier alpha value is -1.72. The number of hydrogen-bond donors (Lipinski definition) is 2. The van der Waals surface area contributed by atoms with E-state index in [0.717, 1.165) is 10.8 Å². The summed E-state index contributed by atoms with van der Waals surface area (Å²) in [4.78, 5) is 0. The van der Waals surface area contributed by atoms with E-state index in [-0.39, 0.29) is 0 Å². The molecule has 0 unspecified atom stereocenters. The van der Waals surface area contributed by atoms with Crippen molar-refractivity contribution in [2.24, 2.45) is 0 Å². The average Bonchev–Trinajstić information content (AvgIpc) is 2.28. The molecule has 0 spiro atoms. The van der Waals surface area contributed by atoms with E-state index in [4.69, 9.17) is 19.4 Å². The van der Waals surface area contributed by atoms with Crippen molar-refractivity contribution in [3.63, 3.8) is 0 Å². The van der Waals surface area contributed by atoms with Crippen molar-refractivity contribution in [2.45, 2.75) is 0 Å². The van der Waals surface area contributed by atoms with Gasteiger partial charge in [0.2, 0.25) is 0 Å². The monoisotopic (exact) mass is 218 g/mol. The predicted molar refractivity (Wildman–Crippen MR) is 61.3 cm³/mol. The molecule has 0 heterocycles. The second-order valence-corrected chi connectivity index (χ2v) is 3.29. The van der Waals surface area contributed by atoms with E-state index in [0.29, 0.717) is 11.5 Å². The summed E-state index contributed by atoms with van der Waals surface area (Å²) in [6.07, 6.45) is 0. The van der Waals surface area contributed by atoms with E-state index < -0.39 is 7.32 Å². The van der Waals surface area contributed by atoms with E-state index in [1.54, 1.807) is 25.3 Å². The minimum Gasteiger partial charge on any atom is -0.512 e. The van der Waals surface area contributed by atoms with Crippen molar-refractivity contribution in [2.75, 3.05) is 7.11 Å². The van der Waals surface area contributed by atoms with Gasteiger partial charge in [-0.3, -0.25) is 0 Å². The highest BCUT2D eigenvalue weighted by atomic mass is 16.6. The van der Waals surface area contributed by atoms with Gasteiger partial charge in [-0.05, 0) is 23.6 Å². The molecule has 5 heteroatoms. The molecule has 0 aliphatic carbocycles. The van der Waals surface area contributed by atoms with E-state index in [1.807, 2.05) is 18.2 Å². The summed E-state index contributed by atoms with van der Waals surface area (Å²) in [6.45, 7) is 0. The Morgan fingerprint density at radius 2 is 1.94 bits per heavy atom. The molecule has 2 aromatic carbocycles. The molecular formula is C11H11BO4. The summed E-state index contributed by atoms with van der Waals surface area (Å²) in [5.41, 5.74) is 0. The van der Waals surface area contributed by atoms with Crippen LogP contribution in [-0.2, 0) is 0 Å². The topological polar surface area (TPSA) is 58.9 Å². The van der Waals surface area contributed by atoms with Gasteiger partial charge in [0.1, 0.15) is 11.5 Å². The van der Waals surface area contributed by atoms with Gasteiger partial charge in [-0.2, -0.15) is 0 Å². The first-order valence-corrected chi connectivity index (χ1v) is 4.80.